The number of azide groups is 1. The van der Waals surface area contributed by atoms with Crippen molar-refractivity contribution in [2.45, 2.75) is 105 Å². The fraction of sp³-hybridized carbons (Fsp3) is 0.926. The number of carboxylic acids is 1. The number of ether oxygens (including phenoxy) is 3. The van der Waals surface area contributed by atoms with Crippen LogP contribution in [0.2, 0.25) is 0 Å². The molecule has 0 aromatic rings. The second-order valence-corrected chi connectivity index (χ2v) is 10.7. The van der Waals surface area contributed by atoms with E-state index in [0.717, 1.165) is 44.9 Å². The number of carboxylic acid groups (broad SMARTS) is 1. The van der Waals surface area contributed by atoms with Crippen molar-refractivity contribution >= 4 is 11.8 Å². The highest BCUT2D eigenvalue weighted by molar-refractivity contribution is 5.83. The summed E-state index contributed by atoms with van der Waals surface area (Å²) in [5, 5.41) is 12.5. The fourth-order valence-corrected chi connectivity index (χ4v) is 3.81. The lowest BCUT2D eigenvalue weighted by atomic mass is 9.81. The fourth-order valence-electron chi connectivity index (χ4n) is 3.81. The second kappa shape index (κ2) is 21.4. The molecule has 0 aromatic carbocycles. The molecule has 9 heteroatoms. The number of hydrogen-bond acceptors (Lipinski definition) is 6. The predicted octanol–water partition coefficient (Wildman–Crippen LogP) is 6.73. The minimum atomic E-state index is -0.710. The van der Waals surface area contributed by atoms with Crippen LogP contribution in [-0.2, 0) is 23.8 Å². The van der Waals surface area contributed by atoms with Crippen molar-refractivity contribution in [1.82, 2.24) is 0 Å². The zero-order valence-corrected chi connectivity index (χ0v) is 23.3. The van der Waals surface area contributed by atoms with Gasteiger partial charge in [0.25, 0.3) is 0 Å². The molecule has 9 nitrogen and oxygen atoms in total. The number of unbranched alkanes of at least 4 members (excludes halogenated alkanes) is 7. The SMILES string of the molecule is CC(C)(CCCCCCCCCCC(C)(C)C(=O)CCCOCCOCCOCCN=[N+]=[N-])C(=O)O. The van der Waals surface area contributed by atoms with Gasteiger partial charge in [-0.05, 0) is 38.6 Å². The minimum Gasteiger partial charge on any atom is -0.481 e. The van der Waals surface area contributed by atoms with Crippen LogP contribution in [0.1, 0.15) is 105 Å². The molecule has 0 amide bonds. The van der Waals surface area contributed by atoms with Crippen LogP contribution < -0.4 is 0 Å². The van der Waals surface area contributed by atoms with E-state index in [9.17, 15) is 9.59 Å². The smallest absolute Gasteiger partial charge is 0.309 e. The first-order valence-corrected chi connectivity index (χ1v) is 13.6. The second-order valence-electron chi connectivity index (χ2n) is 10.7. The summed E-state index contributed by atoms with van der Waals surface area (Å²) < 4.78 is 16.2. The maximum absolute atomic E-state index is 12.6. The highest BCUT2D eigenvalue weighted by Crippen LogP contribution is 2.27. The van der Waals surface area contributed by atoms with Gasteiger partial charge in [-0.25, -0.2) is 0 Å². The van der Waals surface area contributed by atoms with E-state index in [4.69, 9.17) is 24.8 Å². The number of rotatable bonds is 26. The number of Topliss-reactive ketones (excluding diaryl/α,β-unsaturated/α-hetero) is 1. The van der Waals surface area contributed by atoms with Gasteiger partial charge in [0.15, 0.2) is 0 Å². The third kappa shape index (κ3) is 19.5. The highest BCUT2D eigenvalue weighted by atomic mass is 16.5. The molecule has 36 heavy (non-hydrogen) atoms. The molecule has 0 radical (unpaired) electrons. The number of carbonyl (C=O) groups is 2. The van der Waals surface area contributed by atoms with E-state index in [1.807, 2.05) is 0 Å². The van der Waals surface area contributed by atoms with E-state index < -0.39 is 11.4 Å². The van der Waals surface area contributed by atoms with Crippen molar-refractivity contribution in [2.75, 3.05) is 46.2 Å². The number of carbonyl (C=O) groups excluding carboxylic acids is 1. The standard InChI is InChI=1S/C27H51N3O6/c1-26(2,15-11-9-7-5-6-8-10-12-16-27(3,4)25(32)33)24(31)14-13-18-34-20-22-36-23-21-35-19-17-29-30-28/h5-23H2,1-4H3,(H,32,33). The first-order chi connectivity index (χ1) is 17.1. The zero-order chi connectivity index (χ0) is 27.1. The maximum Gasteiger partial charge on any atom is 0.309 e. The summed E-state index contributed by atoms with van der Waals surface area (Å²) in [6.45, 7) is 10.9. The summed E-state index contributed by atoms with van der Waals surface area (Å²) >= 11 is 0. The summed E-state index contributed by atoms with van der Waals surface area (Å²) in [5.74, 6) is -0.400. The molecule has 0 rings (SSSR count). The van der Waals surface area contributed by atoms with E-state index >= 15 is 0 Å². The van der Waals surface area contributed by atoms with Gasteiger partial charge in [0.05, 0.1) is 38.4 Å². The van der Waals surface area contributed by atoms with Crippen molar-refractivity contribution in [2.24, 2.45) is 15.9 Å². The van der Waals surface area contributed by atoms with Gasteiger partial charge in [0, 0.05) is 29.9 Å². The van der Waals surface area contributed by atoms with Crippen LogP contribution >= 0.6 is 0 Å². The molecular weight excluding hydrogens is 462 g/mol. The minimum absolute atomic E-state index is 0.279. The van der Waals surface area contributed by atoms with Gasteiger partial charge in [-0.1, -0.05) is 70.3 Å². The first kappa shape index (κ1) is 34.3. The highest BCUT2D eigenvalue weighted by Gasteiger charge is 2.26. The lowest BCUT2D eigenvalue weighted by molar-refractivity contribution is -0.147. The van der Waals surface area contributed by atoms with E-state index in [2.05, 4.69) is 23.9 Å². The van der Waals surface area contributed by atoms with E-state index in [1.54, 1.807) is 13.8 Å². The van der Waals surface area contributed by atoms with Crippen molar-refractivity contribution in [3.8, 4) is 0 Å². The largest absolute Gasteiger partial charge is 0.481 e. The number of aliphatic carboxylic acids is 1. The molecule has 1 N–H and O–H groups in total. The van der Waals surface area contributed by atoms with Crippen molar-refractivity contribution in [3.63, 3.8) is 0 Å². The maximum atomic E-state index is 12.6. The molecule has 0 aliphatic rings. The average molecular weight is 514 g/mol. The Balaban J connectivity index is 3.57. The van der Waals surface area contributed by atoms with Crippen molar-refractivity contribution in [1.29, 1.82) is 0 Å². The van der Waals surface area contributed by atoms with Gasteiger partial charge in [-0.15, -0.1) is 0 Å². The molecule has 0 unspecified atom stereocenters. The van der Waals surface area contributed by atoms with Crippen LogP contribution in [0.15, 0.2) is 5.11 Å². The molecule has 0 aliphatic carbocycles. The predicted molar refractivity (Wildman–Crippen MR) is 142 cm³/mol. The van der Waals surface area contributed by atoms with Crippen molar-refractivity contribution in [3.05, 3.63) is 10.4 Å². The van der Waals surface area contributed by atoms with Crippen LogP contribution in [0.3, 0.4) is 0 Å². The first-order valence-electron chi connectivity index (χ1n) is 13.6. The Morgan fingerprint density at radius 1 is 0.694 bits per heavy atom. The molecule has 0 saturated carbocycles. The van der Waals surface area contributed by atoms with Crippen LogP contribution in [0.5, 0.6) is 0 Å². The molecule has 0 spiro atoms. The third-order valence-electron chi connectivity index (χ3n) is 6.52. The van der Waals surface area contributed by atoms with Crippen LogP contribution in [-0.4, -0.2) is 63.0 Å². The van der Waals surface area contributed by atoms with Gasteiger partial charge in [0.1, 0.15) is 5.78 Å². The lowest BCUT2D eigenvalue weighted by Crippen LogP contribution is -2.24. The van der Waals surface area contributed by atoms with Crippen LogP contribution in [0.25, 0.3) is 10.4 Å². The van der Waals surface area contributed by atoms with Gasteiger partial charge >= 0.3 is 5.97 Å². The summed E-state index contributed by atoms with van der Waals surface area (Å²) in [5.41, 5.74) is 7.25. The van der Waals surface area contributed by atoms with Gasteiger partial charge in [0.2, 0.25) is 0 Å². The van der Waals surface area contributed by atoms with Crippen LogP contribution in [0, 0.1) is 10.8 Å². The van der Waals surface area contributed by atoms with Crippen LogP contribution in [0.4, 0.5) is 0 Å². The Labute approximate surface area is 218 Å². The summed E-state index contributed by atoms with van der Waals surface area (Å²) in [6, 6.07) is 0. The number of hydrogen-bond donors (Lipinski definition) is 1. The topological polar surface area (TPSA) is 131 Å². The Kier molecular flexibility index (Phi) is 20.4. The quantitative estimate of drug-likeness (QED) is 0.0590. The molecule has 0 aliphatic heterocycles. The molecule has 210 valence electrons. The number of ketones is 1. The van der Waals surface area contributed by atoms with E-state index in [1.165, 1.54) is 25.7 Å². The lowest BCUT2D eigenvalue weighted by Gasteiger charge is -2.23. The van der Waals surface area contributed by atoms with E-state index in [-0.39, 0.29) is 5.41 Å². The average Bonchev–Trinajstić information content (AvgIpc) is 2.82. The molecule has 0 aromatic heterocycles. The van der Waals surface area contributed by atoms with Crippen molar-refractivity contribution < 1.29 is 28.9 Å². The summed E-state index contributed by atoms with van der Waals surface area (Å²) in [6.07, 6.45) is 12.0. The zero-order valence-electron chi connectivity index (χ0n) is 23.3. The van der Waals surface area contributed by atoms with Gasteiger partial charge < -0.3 is 19.3 Å². The normalized spacial score (nSPS) is 11.9. The Hall–Kier alpha value is -1.67. The molecule has 0 fully saturated rings. The van der Waals surface area contributed by atoms with Gasteiger partial charge in [-0.2, -0.15) is 0 Å². The Morgan fingerprint density at radius 2 is 1.14 bits per heavy atom. The third-order valence-corrected chi connectivity index (χ3v) is 6.52. The molecule has 0 heterocycles. The summed E-state index contributed by atoms with van der Waals surface area (Å²) in [4.78, 5) is 26.3. The summed E-state index contributed by atoms with van der Waals surface area (Å²) in [7, 11) is 0. The molecular formula is C27H51N3O6. The number of nitrogens with zero attached hydrogens (tertiary/aromatic N) is 3. The molecule has 0 saturated heterocycles. The molecule has 0 atom stereocenters. The molecule has 0 bridgehead atoms. The Morgan fingerprint density at radius 3 is 1.64 bits per heavy atom. The Bertz CT molecular complexity index is 633. The van der Waals surface area contributed by atoms with Gasteiger partial charge in [-0.3, -0.25) is 9.59 Å². The monoisotopic (exact) mass is 513 g/mol. The van der Waals surface area contributed by atoms with E-state index in [0.29, 0.717) is 58.4 Å².